The number of aliphatic hydroxyl groups is 2. The summed E-state index contributed by atoms with van der Waals surface area (Å²) in [5.41, 5.74) is 2.72. The molecule has 3 aliphatic rings. The summed E-state index contributed by atoms with van der Waals surface area (Å²) in [7, 11) is 1.85. The third-order valence-corrected chi connectivity index (χ3v) is 7.28. The van der Waals surface area contributed by atoms with Crippen LogP contribution < -0.4 is 0 Å². The van der Waals surface area contributed by atoms with Crippen molar-refractivity contribution >= 4 is 5.84 Å². The van der Waals surface area contributed by atoms with E-state index < -0.39 is 6.23 Å². The first-order chi connectivity index (χ1) is 14.7. The Labute approximate surface area is 186 Å². The lowest BCUT2D eigenvalue weighted by Crippen LogP contribution is -2.54. The molecule has 31 heavy (non-hydrogen) atoms. The Morgan fingerprint density at radius 1 is 1.26 bits per heavy atom. The third-order valence-electron chi connectivity index (χ3n) is 7.28. The lowest BCUT2D eigenvalue weighted by molar-refractivity contribution is 0.00452. The van der Waals surface area contributed by atoms with Crippen molar-refractivity contribution in [3.8, 4) is 0 Å². The summed E-state index contributed by atoms with van der Waals surface area (Å²) >= 11 is 0. The number of aliphatic hydroxyl groups excluding tert-OH is 2. The van der Waals surface area contributed by atoms with Gasteiger partial charge < -0.3 is 15.1 Å². The van der Waals surface area contributed by atoms with Gasteiger partial charge in [-0.25, -0.2) is 4.39 Å². The zero-order chi connectivity index (χ0) is 22.8. The van der Waals surface area contributed by atoms with Crippen molar-refractivity contribution in [3.63, 3.8) is 0 Å². The number of hydrogen-bond acceptors (Lipinski definition) is 5. The van der Waals surface area contributed by atoms with Crippen molar-refractivity contribution in [1.29, 1.82) is 0 Å². The van der Waals surface area contributed by atoms with Crippen LogP contribution in [-0.2, 0) is 0 Å². The first-order valence-electron chi connectivity index (χ1n) is 11.5. The SMILES string of the molecule is C=C(/C=C(C)\C(F)=C(\C)CC)C1(CC2=NCC(O)=C3C(O)N(C)CCN23)CCCCC1. The molecule has 2 aliphatic heterocycles. The highest BCUT2D eigenvalue weighted by atomic mass is 19.1. The van der Waals surface area contributed by atoms with Crippen LogP contribution >= 0.6 is 0 Å². The molecular weight excluding hydrogens is 393 g/mol. The topological polar surface area (TPSA) is 59.3 Å². The number of nitrogens with zero attached hydrogens (tertiary/aromatic N) is 3. The highest BCUT2D eigenvalue weighted by Crippen LogP contribution is 2.47. The van der Waals surface area contributed by atoms with Gasteiger partial charge in [-0.1, -0.05) is 38.8 Å². The molecule has 0 aromatic heterocycles. The van der Waals surface area contributed by atoms with E-state index in [1.807, 2.05) is 43.7 Å². The van der Waals surface area contributed by atoms with Gasteiger partial charge in [-0.05, 0) is 56.9 Å². The summed E-state index contributed by atoms with van der Waals surface area (Å²) < 4.78 is 14.7. The molecule has 2 heterocycles. The van der Waals surface area contributed by atoms with E-state index in [1.54, 1.807) is 0 Å². The Morgan fingerprint density at radius 2 is 1.94 bits per heavy atom. The molecule has 0 aromatic rings. The molecule has 0 bridgehead atoms. The summed E-state index contributed by atoms with van der Waals surface area (Å²) in [6.07, 6.45) is 7.90. The van der Waals surface area contributed by atoms with Gasteiger partial charge in [0.2, 0.25) is 0 Å². The van der Waals surface area contributed by atoms with E-state index in [9.17, 15) is 14.6 Å². The van der Waals surface area contributed by atoms with E-state index in [0.29, 0.717) is 37.2 Å². The number of rotatable bonds is 6. The molecular formula is C25H38FN3O2. The molecule has 0 spiro atoms. The minimum absolute atomic E-state index is 0.136. The predicted octanol–water partition coefficient (Wildman–Crippen LogP) is 5.23. The van der Waals surface area contributed by atoms with Gasteiger partial charge in [-0.15, -0.1) is 0 Å². The maximum absolute atomic E-state index is 14.7. The van der Waals surface area contributed by atoms with Crippen molar-refractivity contribution < 1.29 is 14.6 Å². The molecule has 0 radical (unpaired) electrons. The van der Waals surface area contributed by atoms with Gasteiger partial charge in [0.1, 0.15) is 29.7 Å². The van der Waals surface area contributed by atoms with Crippen LogP contribution in [-0.4, -0.2) is 58.8 Å². The normalized spacial score (nSPS) is 25.7. The summed E-state index contributed by atoms with van der Waals surface area (Å²) in [6, 6.07) is 0. The number of piperazine rings is 1. The second-order valence-electron chi connectivity index (χ2n) is 9.39. The van der Waals surface area contributed by atoms with E-state index in [2.05, 4.69) is 6.58 Å². The van der Waals surface area contributed by atoms with E-state index in [1.165, 1.54) is 6.42 Å². The lowest BCUT2D eigenvalue weighted by Gasteiger charge is -2.46. The van der Waals surface area contributed by atoms with Crippen molar-refractivity contribution in [1.82, 2.24) is 9.80 Å². The van der Waals surface area contributed by atoms with E-state index >= 15 is 0 Å². The molecule has 172 valence electrons. The van der Waals surface area contributed by atoms with Crippen LogP contribution in [0.3, 0.4) is 0 Å². The monoisotopic (exact) mass is 431 g/mol. The van der Waals surface area contributed by atoms with Crippen molar-refractivity contribution in [2.75, 3.05) is 26.7 Å². The number of aliphatic imine (C=N–C) groups is 1. The number of hydrogen-bond donors (Lipinski definition) is 2. The van der Waals surface area contributed by atoms with E-state index in [-0.39, 0.29) is 23.5 Å². The fourth-order valence-electron chi connectivity index (χ4n) is 5.02. The summed E-state index contributed by atoms with van der Waals surface area (Å²) in [6.45, 7) is 11.6. The molecule has 2 fully saturated rings. The van der Waals surface area contributed by atoms with Crippen LogP contribution in [0.15, 0.2) is 51.6 Å². The molecule has 0 amide bonds. The largest absolute Gasteiger partial charge is 0.508 e. The zero-order valence-electron chi connectivity index (χ0n) is 19.5. The van der Waals surface area contributed by atoms with Gasteiger partial charge in [0.05, 0.1) is 0 Å². The Morgan fingerprint density at radius 3 is 2.58 bits per heavy atom. The Hall–Kier alpha value is -1.92. The summed E-state index contributed by atoms with van der Waals surface area (Å²) in [5, 5.41) is 21.0. The minimum atomic E-state index is -0.830. The maximum atomic E-state index is 14.7. The molecule has 1 aliphatic carbocycles. The molecule has 2 N–H and O–H groups in total. The lowest BCUT2D eigenvalue weighted by atomic mass is 9.66. The van der Waals surface area contributed by atoms with Crippen LogP contribution in [0, 0.1) is 5.41 Å². The third kappa shape index (κ3) is 4.80. The molecule has 1 atom stereocenters. The first kappa shape index (κ1) is 23.7. The van der Waals surface area contributed by atoms with Gasteiger partial charge in [-0.3, -0.25) is 9.89 Å². The number of likely N-dealkylation sites (N-methyl/N-ethyl adjacent to an activating group) is 1. The second kappa shape index (κ2) is 9.70. The Kier molecular flexibility index (Phi) is 7.43. The van der Waals surface area contributed by atoms with Crippen molar-refractivity contribution in [3.05, 3.63) is 46.7 Å². The first-order valence-corrected chi connectivity index (χ1v) is 11.5. The molecule has 1 saturated carbocycles. The van der Waals surface area contributed by atoms with E-state index in [4.69, 9.17) is 4.99 Å². The van der Waals surface area contributed by atoms with Crippen LogP contribution in [0.25, 0.3) is 0 Å². The van der Waals surface area contributed by atoms with Gasteiger partial charge in [0.15, 0.2) is 6.23 Å². The molecule has 0 aromatic carbocycles. The number of fused-ring (bicyclic) bond motifs is 1. The van der Waals surface area contributed by atoms with Crippen molar-refractivity contribution in [2.45, 2.75) is 71.9 Å². The number of allylic oxidation sites excluding steroid dienone is 5. The van der Waals surface area contributed by atoms with Gasteiger partial charge in [-0.2, -0.15) is 0 Å². The minimum Gasteiger partial charge on any atom is -0.508 e. The second-order valence-corrected chi connectivity index (χ2v) is 9.39. The quantitative estimate of drug-likeness (QED) is 0.565. The smallest absolute Gasteiger partial charge is 0.151 e. The van der Waals surface area contributed by atoms with Crippen LogP contribution in [0.4, 0.5) is 4.39 Å². The molecule has 1 saturated heterocycles. The van der Waals surface area contributed by atoms with Crippen molar-refractivity contribution in [2.24, 2.45) is 10.4 Å². The standard InChI is InChI=1S/C25H38FN3O2/c1-6-17(2)22(26)18(3)14-19(4)25(10-8-7-9-11-25)15-21-27-16-20(30)23-24(31)28(5)12-13-29(21)23/h14,24,30-31H,4,6-13,15-16H2,1-3,5H3/b18-14-,22-17+. The fraction of sp³-hybridized carbons (Fsp3) is 0.640. The van der Waals surface area contributed by atoms with Crippen LogP contribution in [0.2, 0.25) is 0 Å². The number of halogens is 1. The van der Waals surface area contributed by atoms with E-state index in [0.717, 1.165) is 42.7 Å². The van der Waals surface area contributed by atoms with Crippen LogP contribution in [0.5, 0.6) is 0 Å². The maximum Gasteiger partial charge on any atom is 0.151 e. The zero-order valence-corrected chi connectivity index (χ0v) is 19.5. The Balaban J connectivity index is 1.89. The fourth-order valence-corrected chi connectivity index (χ4v) is 5.02. The summed E-state index contributed by atoms with van der Waals surface area (Å²) in [4.78, 5) is 8.51. The molecule has 3 rings (SSSR count). The number of amidine groups is 1. The highest BCUT2D eigenvalue weighted by molar-refractivity contribution is 5.86. The van der Waals surface area contributed by atoms with Crippen LogP contribution in [0.1, 0.15) is 65.7 Å². The molecule has 1 unspecified atom stereocenters. The Bertz CT molecular complexity index is 834. The van der Waals surface area contributed by atoms with Gasteiger partial charge in [0, 0.05) is 24.9 Å². The summed E-state index contributed by atoms with van der Waals surface area (Å²) in [5.74, 6) is 0.897. The highest BCUT2D eigenvalue weighted by Gasteiger charge is 2.41. The average molecular weight is 432 g/mol. The molecule has 6 heteroatoms. The van der Waals surface area contributed by atoms with Gasteiger partial charge >= 0.3 is 0 Å². The van der Waals surface area contributed by atoms with Gasteiger partial charge in [0.25, 0.3) is 0 Å². The predicted molar refractivity (Wildman–Crippen MR) is 124 cm³/mol. The average Bonchev–Trinajstić information content (AvgIpc) is 2.77. The molecule has 5 nitrogen and oxygen atoms in total.